The van der Waals surface area contributed by atoms with Gasteiger partial charge in [-0.15, -0.1) is 10.2 Å². The first-order valence-corrected chi connectivity index (χ1v) is 7.02. The molecule has 0 aliphatic heterocycles. The fraction of sp³-hybridized carbons (Fsp3) is 0.231. The van der Waals surface area contributed by atoms with Gasteiger partial charge in [-0.05, 0) is 25.5 Å². The second-order valence-corrected chi connectivity index (χ2v) is 5.14. The van der Waals surface area contributed by atoms with E-state index in [4.69, 9.17) is 8.94 Å². The van der Waals surface area contributed by atoms with E-state index in [1.54, 1.807) is 6.92 Å². The fourth-order valence-electron chi connectivity index (χ4n) is 1.71. The van der Waals surface area contributed by atoms with Crippen molar-refractivity contribution >= 4 is 11.8 Å². The molecule has 0 atom stereocenters. The van der Waals surface area contributed by atoms with Gasteiger partial charge in [0.1, 0.15) is 0 Å². The van der Waals surface area contributed by atoms with E-state index in [0.717, 1.165) is 11.1 Å². The molecular weight excluding hydrogens is 276 g/mol. The van der Waals surface area contributed by atoms with Crippen molar-refractivity contribution < 1.29 is 8.94 Å². The number of rotatable bonds is 4. The third kappa shape index (κ3) is 2.72. The topological polar surface area (TPSA) is 77.8 Å². The molecule has 2 aromatic heterocycles. The third-order valence-electron chi connectivity index (χ3n) is 2.67. The van der Waals surface area contributed by atoms with E-state index in [1.165, 1.54) is 11.8 Å². The van der Waals surface area contributed by atoms with Crippen molar-refractivity contribution in [2.24, 2.45) is 0 Å². The van der Waals surface area contributed by atoms with Gasteiger partial charge in [0.15, 0.2) is 5.82 Å². The molecule has 0 bridgehead atoms. The van der Waals surface area contributed by atoms with Crippen LogP contribution in [0.25, 0.3) is 11.5 Å². The first kappa shape index (κ1) is 12.9. The molecule has 1 aromatic carbocycles. The number of aromatic nitrogens is 4. The van der Waals surface area contributed by atoms with Gasteiger partial charge >= 0.3 is 0 Å². The Balaban J connectivity index is 1.72. The minimum absolute atomic E-state index is 0.485. The summed E-state index contributed by atoms with van der Waals surface area (Å²) >= 11 is 1.37. The summed E-state index contributed by atoms with van der Waals surface area (Å²) in [6, 6.07) is 7.88. The van der Waals surface area contributed by atoms with E-state index < -0.39 is 0 Å². The molecule has 0 N–H and O–H groups in total. The molecule has 102 valence electrons. The summed E-state index contributed by atoms with van der Waals surface area (Å²) in [5, 5.41) is 12.3. The average Bonchev–Trinajstić information content (AvgIpc) is 3.06. The number of thioether (sulfide) groups is 1. The lowest BCUT2D eigenvalue weighted by molar-refractivity contribution is 0.386. The molecule has 0 spiro atoms. The van der Waals surface area contributed by atoms with Crippen LogP contribution < -0.4 is 0 Å². The third-order valence-corrected chi connectivity index (χ3v) is 3.47. The second kappa shape index (κ2) is 5.46. The summed E-state index contributed by atoms with van der Waals surface area (Å²) in [5.74, 6) is 2.19. The smallest absolute Gasteiger partial charge is 0.277 e. The lowest BCUT2D eigenvalue weighted by atomic mass is 10.1. The minimum Gasteiger partial charge on any atom is -0.411 e. The highest BCUT2D eigenvalue weighted by molar-refractivity contribution is 7.98. The normalized spacial score (nSPS) is 10.9. The maximum atomic E-state index is 5.63. The van der Waals surface area contributed by atoms with Crippen molar-refractivity contribution in [3.8, 4) is 11.5 Å². The Labute approximate surface area is 119 Å². The zero-order valence-electron chi connectivity index (χ0n) is 11.0. The highest BCUT2D eigenvalue weighted by atomic mass is 32.2. The second-order valence-electron chi connectivity index (χ2n) is 4.21. The fourth-order valence-corrected chi connectivity index (χ4v) is 2.31. The number of hydrogen-bond acceptors (Lipinski definition) is 7. The monoisotopic (exact) mass is 288 g/mol. The van der Waals surface area contributed by atoms with E-state index in [1.807, 2.05) is 31.2 Å². The van der Waals surface area contributed by atoms with Crippen LogP contribution in [0.1, 0.15) is 17.3 Å². The largest absolute Gasteiger partial charge is 0.411 e. The lowest BCUT2D eigenvalue weighted by Crippen LogP contribution is -1.81. The van der Waals surface area contributed by atoms with Crippen LogP contribution in [0, 0.1) is 13.8 Å². The molecule has 0 amide bonds. The Kier molecular flexibility index (Phi) is 3.51. The summed E-state index contributed by atoms with van der Waals surface area (Å²) in [4.78, 5) is 4.12. The first-order chi connectivity index (χ1) is 9.72. The van der Waals surface area contributed by atoms with Crippen molar-refractivity contribution in [1.82, 2.24) is 20.3 Å². The Morgan fingerprint density at radius 3 is 2.75 bits per heavy atom. The van der Waals surface area contributed by atoms with Crippen LogP contribution in [0.3, 0.4) is 0 Å². The van der Waals surface area contributed by atoms with Crippen LogP contribution in [0.4, 0.5) is 0 Å². The van der Waals surface area contributed by atoms with Gasteiger partial charge < -0.3 is 8.94 Å². The summed E-state index contributed by atoms with van der Waals surface area (Å²) in [6.45, 7) is 3.79. The Bertz CT molecular complexity index is 722. The molecule has 0 unspecified atom stereocenters. The molecule has 20 heavy (non-hydrogen) atoms. The van der Waals surface area contributed by atoms with Crippen molar-refractivity contribution in [3.63, 3.8) is 0 Å². The highest BCUT2D eigenvalue weighted by Gasteiger charge is 2.12. The summed E-state index contributed by atoms with van der Waals surface area (Å²) in [6.07, 6.45) is 0. The quantitative estimate of drug-likeness (QED) is 0.683. The average molecular weight is 288 g/mol. The molecule has 0 aliphatic rings. The van der Waals surface area contributed by atoms with E-state index in [-0.39, 0.29) is 0 Å². The van der Waals surface area contributed by atoms with Crippen LogP contribution in [0.2, 0.25) is 0 Å². The molecule has 2 heterocycles. The van der Waals surface area contributed by atoms with Crippen molar-refractivity contribution in [2.45, 2.75) is 24.8 Å². The summed E-state index contributed by atoms with van der Waals surface area (Å²) < 4.78 is 10.7. The van der Waals surface area contributed by atoms with Gasteiger partial charge in [-0.2, -0.15) is 4.98 Å². The van der Waals surface area contributed by atoms with Crippen molar-refractivity contribution in [3.05, 3.63) is 41.5 Å². The number of benzene rings is 1. The van der Waals surface area contributed by atoms with Crippen molar-refractivity contribution in [2.75, 3.05) is 0 Å². The highest BCUT2D eigenvalue weighted by Crippen LogP contribution is 2.26. The van der Waals surface area contributed by atoms with E-state index in [2.05, 4.69) is 20.3 Å². The zero-order chi connectivity index (χ0) is 13.9. The predicted octanol–water partition coefficient (Wildman–Crippen LogP) is 3.03. The standard InChI is InChI=1S/C13H12N4O2S/c1-8-5-3-4-6-10(8)12-15-16-13(18-12)20-7-11-14-9(2)17-19-11/h3-6H,7H2,1-2H3. The first-order valence-electron chi connectivity index (χ1n) is 6.04. The maximum absolute atomic E-state index is 5.63. The van der Waals surface area contributed by atoms with Gasteiger partial charge in [-0.3, -0.25) is 0 Å². The van der Waals surface area contributed by atoms with Gasteiger partial charge in [0.25, 0.3) is 5.22 Å². The molecule has 6 nitrogen and oxygen atoms in total. The number of aryl methyl sites for hydroxylation is 2. The van der Waals surface area contributed by atoms with Gasteiger partial charge in [0, 0.05) is 5.56 Å². The number of nitrogens with zero attached hydrogens (tertiary/aromatic N) is 4. The van der Waals surface area contributed by atoms with E-state index in [9.17, 15) is 0 Å². The van der Waals surface area contributed by atoms with Gasteiger partial charge in [-0.25, -0.2) is 0 Å². The molecule has 0 radical (unpaired) electrons. The molecule has 0 fully saturated rings. The molecule has 0 saturated heterocycles. The van der Waals surface area contributed by atoms with Crippen LogP contribution >= 0.6 is 11.8 Å². The molecule has 0 saturated carbocycles. The molecule has 3 rings (SSSR count). The summed E-state index contributed by atoms with van der Waals surface area (Å²) in [7, 11) is 0. The van der Waals surface area contributed by atoms with Gasteiger partial charge in [-0.1, -0.05) is 35.1 Å². The lowest BCUT2D eigenvalue weighted by Gasteiger charge is -1.98. The van der Waals surface area contributed by atoms with Crippen LogP contribution in [-0.4, -0.2) is 20.3 Å². The Morgan fingerprint density at radius 2 is 2.00 bits per heavy atom. The van der Waals surface area contributed by atoms with Gasteiger partial charge in [0.2, 0.25) is 11.8 Å². The van der Waals surface area contributed by atoms with Crippen LogP contribution in [0.15, 0.2) is 38.4 Å². The maximum Gasteiger partial charge on any atom is 0.277 e. The SMILES string of the molecule is Cc1noc(CSc2nnc(-c3ccccc3C)o2)n1. The van der Waals surface area contributed by atoms with E-state index >= 15 is 0 Å². The Morgan fingerprint density at radius 1 is 1.15 bits per heavy atom. The minimum atomic E-state index is 0.485. The van der Waals surface area contributed by atoms with Gasteiger partial charge in [0.05, 0.1) is 5.75 Å². The van der Waals surface area contributed by atoms with E-state index in [0.29, 0.717) is 28.6 Å². The molecule has 7 heteroatoms. The number of hydrogen-bond donors (Lipinski definition) is 0. The zero-order valence-corrected chi connectivity index (χ0v) is 11.8. The van der Waals surface area contributed by atoms with Crippen LogP contribution in [-0.2, 0) is 5.75 Å². The van der Waals surface area contributed by atoms with Crippen LogP contribution in [0.5, 0.6) is 0 Å². The Hall–Kier alpha value is -2.15. The molecule has 3 aromatic rings. The van der Waals surface area contributed by atoms with Crippen molar-refractivity contribution in [1.29, 1.82) is 0 Å². The molecular formula is C13H12N4O2S. The predicted molar refractivity (Wildman–Crippen MR) is 73.1 cm³/mol. The molecule has 0 aliphatic carbocycles. The summed E-state index contributed by atoms with van der Waals surface area (Å²) in [5.41, 5.74) is 2.04.